The van der Waals surface area contributed by atoms with Crippen molar-refractivity contribution in [2.75, 3.05) is 5.32 Å². The Bertz CT molecular complexity index is 844. The highest BCUT2D eigenvalue weighted by atomic mass is 32.1. The summed E-state index contributed by atoms with van der Waals surface area (Å²) in [5, 5.41) is 10.5. The highest BCUT2D eigenvalue weighted by Gasteiger charge is 2.10. The van der Waals surface area contributed by atoms with Crippen LogP contribution < -0.4 is 10.6 Å². The van der Waals surface area contributed by atoms with Crippen LogP contribution in [0.15, 0.2) is 47.1 Å². The molecular formula is C17H17N5OS. The molecular weight excluding hydrogens is 322 g/mol. The van der Waals surface area contributed by atoms with Crippen LogP contribution in [0.25, 0.3) is 11.4 Å². The van der Waals surface area contributed by atoms with E-state index in [1.54, 1.807) is 6.20 Å². The Hall–Kier alpha value is -2.80. The minimum absolute atomic E-state index is 0.344. The van der Waals surface area contributed by atoms with Crippen molar-refractivity contribution in [3.05, 3.63) is 59.6 Å². The van der Waals surface area contributed by atoms with Crippen LogP contribution >= 0.6 is 12.2 Å². The number of pyridine rings is 1. The molecule has 3 rings (SSSR count). The predicted molar refractivity (Wildman–Crippen MR) is 96.5 cm³/mol. The zero-order valence-electron chi connectivity index (χ0n) is 13.4. The number of nitrogens with one attached hydrogen (secondary N) is 2. The molecule has 0 saturated carbocycles. The molecule has 6 nitrogen and oxygen atoms in total. The van der Waals surface area contributed by atoms with E-state index in [0.717, 1.165) is 16.7 Å². The second-order valence-electron chi connectivity index (χ2n) is 5.36. The van der Waals surface area contributed by atoms with Crippen LogP contribution in [-0.2, 0) is 6.54 Å². The van der Waals surface area contributed by atoms with Gasteiger partial charge >= 0.3 is 0 Å². The van der Waals surface area contributed by atoms with Crippen LogP contribution in [0.2, 0.25) is 0 Å². The second-order valence-corrected chi connectivity index (χ2v) is 5.76. The lowest BCUT2D eigenvalue weighted by Gasteiger charge is -2.07. The lowest BCUT2D eigenvalue weighted by atomic mass is 10.1. The lowest BCUT2D eigenvalue weighted by Crippen LogP contribution is -2.28. The third-order valence-corrected chi connectivity index (χ3v) is 3.65. The van der Waals surface area contributed by atoms with E-state index >= 15 is 0 Å². The van der Waals surface area contributed by atoms with Gasteiger partial charge < -0.3 is 15.2 Å². The average molecular weight is 339 g/mol. The fourth-order valence-electron chi connectivity index (χ4n) is 2.12. The predicted octanol–water partition coefficient (Wildman–Crippen LogP) is 3.24. The van der Waals surface area contributed by atoms with Crippen LogP contribution in [0, 0.1) is 13.8 Å². The SMILES string of the molecule is Cc1ccc(NC(=S)NCc2nc(-c3ccccc3C)no2)nc1. The van der Waals surface area contributed by atoms with Crippen LogP contribution in [-0.4, -0.2) is 20.2 Å². The van der Waals surface area contributed by atoms with Gasteiger partial charge in [-0.2, -0.15) is 4.98 Å². The summed E-state index contributed by atoms with van der Waals surface area (Å²) in [6.07, 6.45) is 1.78. The smallest absolute Gasteiger partial charge is 0.246 e. The van der Waals surface area contributed by atoms with Crippen molar-refractivity contribution in [1.29, 1.82) is 0 Å². The fourth-order valence-corrected chi connectivity index (χ4v) is 2.29. The molecule has 3 aromatic rings. The number of hydrogen-bond donors (Lipinski definition) is 2. The highest BCUT2D eigenvalue weighted by molar-refractivity contribution is 7.80. The maximum absolute atomic E-state index is 5.26. The maximum atomic E-state index is 5.26. The van der Waals surface area contributed by atoms with Crippen molar-refractivity contribution < 1.29 is 4.52 Å². The maximum Gasteiger partial charge on any atom is 0.246 e. The first-order valence-electron chi connectivity index (χ1n) is 7.48. The molecule has 0 amide bonds. The summed E-state index contributed by atoms with van der Waals surface area (Å²) in [5.41, 5.74) is 3.14. The first kappa shape index (κ1) is 16.1. The van der Waals surface area contributed by atoms with Gasteiger partial charge in [-0.15, -0.1) is 0 Å². The Morgan fingerprint density at radius 3 is 2.75 bits per heavy atom. The molecule has 1 aromatic carbocycles. The van der Waals surface area contributed by atoms with Gasteiger partial charge in [-0.05, 0) is 43.3 Å². The Labute approximate surface area is 145 Å². The van der Waals surface area contributed by atoms with Crippen LogP contribution in [0.3, 0.4) is 0 Å². The van der Waals surface area contributed by atoms with Crippen LogP contribution in [0.1, 0.15) is 17.0 Å². The Kier molecular flexibility index (Phi) is 4.81. The van der Waals surface area contributed by atoms with Gasteiger partial charge in [0.2, 0.25) is 11.7 Å². The largest absolute Gasteiger partial charge is 0.353 e. The molecule has 0 saturated heterocycles. The molecule has 0 atom stereocenters. The van der Waals surface area contributed by atoms with Crippen LogP contribution in [0.4, 0.5) is 5.82 Å². The molecule has 0 aliphatic carbocycles. The molecule has 2 heterocycles. The average Bonchev–Trinajstić information content (AvgIpc) is 3.04. The van der Waals surface area contributed by atoms with E-state index in [4.69, 9.17) is 16.7 Å². The highest BCUT2D eigenvalue weighted by Crippen LogP contribution is 2.19. The van der Waals surface area contributed by atoms with Gasteiger partial charge in [-0.3, -0.25) is 0 Å². The number of rotatable bonds is 4. The van der Waals surface area contributed by atoms with E-state index in [1.807, 2.05) is 50.2 Å². The van der Waals surface area contributed by atoms with Gasteiger partial charge in [0.25, 0.3) is 0 Å². The van der Waals surface area contributed by atoms with Gasteiger partial charge in [0.05, 0.1) is 6.54 Å². The Morgan fingerprint density at radius 1 is 1.17 bits per heavy atom. The zero-order chi connectivity index (χ0) is 16.9. The first-order valence-corrected chi connectivity index (χ1v) is 7.89. The minimum Gasteiger partial charge on any atom is -0.353 e. The summed E-state index contributed by atoms with van der Waals surface area (Å²) in [7, 11) is 0. The number of aryl methyl sites for hydroxylation is 2. The van der Waals surface area contributed by atoms with E-state index in [2.05, 4.69) is 25.8 Å². The van der Waals surface area contributed by atoms with Crippen LogP contribution in [0.5, 0.6) is 0 Å². The standard InChI is InChI=1S/C17H17N5OS/c1-11-7-8-14(18-9-11)20-17(24)19-10-15-21-16(22-23-15)13-6-4-3-5-12(13)2/h3-9H,10H2,1-2H3,(H2,18,19,20,24). The molecule has 0 radical (unpaired) electrons. The van der Waals surface area contributed by atoms with Crippen molar-refractivity contribution in [2.24, 2.45) is 0 Å². The fraction of sp³-hybridized carbons (Fsp3) is 0.176. The van der Waals surface area contributed by atoms with Crippen molar-refractivity contribution in [3.8, 4) is 11.4 Å². The third kappa shape index (κ3) is 3.94. The lowest BCUT2D eigenvalue weighted by molar-refractivity contribution is 0.376. The van der Waals surface area contributed by atoms with Crippen molar-refractivity contribution in [2.45, 2.75) is 20.4 Å². The molecule has 0 aliphatic heterocycles. The molecule has 122 valence electrons. The molecule has 7 heteroatoms. The normalized spacial score (nSPS) is 10.4. The summed E-state index contributed by atoms with van der Waals surface area (Å²) in [6.45, 7) is 4.34. The summed E-state index contributed by atoms with van der Waals surface area (Å²) in [4.78, 5) is 8.63. The summed E-state index contributed by atoms with van der Waals surface area (Å²) < 4.78 is 5.26. The molecule has 0 fully saturated rings. The van der Waals surface area contributed by atoms with Gasteiger partial charge in [0.1, 0.15) is 5.82 Å². The molecule has 0 unspecified atom stereocenters. The molecule has 0 bridgehead atoms. The molecule has 0 spiro atoms. The number of aromatic nitrogens is 3. The number of thiocarbonyl (C=S) groups is 1. The van der Waals surface area contributed by atoms with Crippen molar-refractivity contribution in [1.82, 2.24) is 20.4 Å². The van der Waals surface area contributed by atoms with Gasteiger partial charge in [0.15, 0.2) is 5.11 Å². The topological polar surface area (TPSA) is 75.9 Å². The number of nitrogens with zero attached hydrogens (tertiary/aromatic N) is 3. The van der Waals surface area contributed by atoms with E-state index in [9.17, 15) is 0 Å². The van der Waals surface area contributed by atoms with Gasteiger partial charge in [-0.1, -0.05) is 35.5 Å². The van der Waals surface area contributed by atoms with E-state index in [-0.39, 0.29) is 0 Å². The quantitative estimate of drug-likeness (QED) is 0.707. The third-order valence-electron chi connectivity index (χ3n) is 3.41. The summed E-state index contributed by atoms with van der Waals surface area (Å²) in [6, 6.07) is 11.7. The van der Waals surface area contributed by atoms with Crippen molar-refractivity contribution >= 4 is 23.1 Å². The molecule has 2 N–H and O–H groups in total. The molecule has 24 heavy (non-hydrogen) atoms. The van der Waals surface area contributed by atoms with Crippen molar-refractivity contribution in [3.63, 3.8) is 0 Å². The number of benzene rings is 1. The molecule has 2 aromatic heterocycles. The van der Waals surface area contributed by atoms with E-state index in [1.165, 1.54) is 0 Å². The number of anilines is 1. The van der Waals surface area contributed by atoms with E-state index < -0.39 is 0 Å². The second kappa shape index (κ2) is 7.18. The van der Waals surface area contributed by atoms with Gasteiger partial charge in [0, 0.05) is 11.8 Å². The number of hydrogen-bond acceptors (Lipinski definition) is 5. The van der Waals surface area contributed by atoms with Gasteiger partial charge in [-0.25, -0.2) is 4.98 Å². The summed E-state index contributed by atoms with van der Waals surface area (Å²) >= 11 is 5.24. The summed E-state index contributed by atoms with van der Waals surface area (Å²) in [5.74, 6) is 1.72. The first-order chi connectivity index (χ1) is 11.6. The monoisotopic (exact) mass is 339 g/mol. The zero-order valence-corrected chi connectivity index (χ0v) is 14.2. The molecule has 0 aliphatic rings. The van der Waals surface area contributed by atoms with E-state index in [0.29, 0.717) is 29.2 Å². The minimum atomic E-state index is 0.344. The Balaban J connectivity index is 1.58. The Morgan fingerprint density at radius 2 is 2.00 bits per heavy atom.